The van der Waals surface area contributed by atoms with Gasteiger partial charge in [-0.05, 0) is 23.8 Å². The van der Waals surface area contributed by atoms with Gasteiger partial charge in [0.1, 0.15) is 5.69 Å². The van der Waals surface area contributed by atoms with Crippen LogP contribution in [0.2, 0.25) is 0 Å². The molecule has 1 amide bonds. The van der Waals surface area contributed by atoms with E-state index in [1.807, 2.05) is 24.3 Å². The highest BCUT2D eigenvalue weighted by atomic mass is 16.4. The lowest BCUT2D eigenvalue weighted by atomic mass is 10.1. The van der Waals surface area contributed by atoms with Gasteiger partial charge < -0.3 is 15.8 Å². The topological polar surface area (TPSA) is 121 Å². The number of benzene rings is 2. The number of nitrogens with zero attached hydrogens (tertiary/aromatic N) is 1. The van der Waals surface area contributed by atoms with E-state index in [-0.39, 0.29) is 11.3 Å². The van der Waals surface area contributed by atoms with Gasteiger partial charge in [-0.25, -0.2) is 10.2 Å². The summed E-state index contributed by atoms with van der Waals surface area (Å²) in [5.74, 6) is -1.46. The van der Waals surface area contributed by atoms with E-state index in [0.29, 0.717) is 11.3 Å². The minimum atomic E-state index is -0.999. The first-order chi connectivity index (χ1) is 11.6. The highest BCUT2D eigenvalue weighted by Crippen LogP contribution is 2.24. The number of carboxylic acid groups (broad SMARTS) is 1. The Balaban J connectivity index is 1.72. The van der Waals surface area contributed by atoms with E-state index in [4.69, 9.17) is 10.8 Å². The molecule has 0 aliphatic carbocycles. The fraction of sp³-hybridized carbons (Fsp3) is 0. The molecule has 120 valence electrons. The number of rotatable bonds is 4. The summed E-state index contributed by atoms with van der Waals surface area (Å²) in [6.45, 7) is 0. The van der Waals surface area contributed by atoms with Crippen molar-refractivity contribution in [2.24, 2.45) is 5.10 Å². The number of anilines is 1. The monoisotopic (exact) mass is 322 g/mol. The molecule has 7 nitrogen and oxygen atoms in total. The lowest BCUT2D eigenvalue weighted by molar-refractivity contribution is 0.0696. The molecule has 3 rings (SSSR count). The maximum absolute atomic E-state index is 12.2. The van der Waals surface area contributed by atoms with Gasteiger partial charge in [-0.3, -0.25) is 4.79 Å². The molecule has 0 aliphatic rings. The quantitative estimate of drug-likeness (QED) is 0.434. The van der Waals surface area contributed by atoms with Crippen LogP contribution in [-0.4, -0.2) is 28.2 Å². The molecule has 0 atom stereocenters. The van der Waals surface area contributed by atoms with Crippen LogP contribution < -0.4 is 11.2 Å². The van der Waals surface area contributed by atoms with Gasteiger partial charge in [0.05, 0.1) is 17.5 Å². The number of aromatic carboxylic acids is 1. The molecule has 0 spiro atoms. The SMILES string of the molecule is Nc1c(C(=O)N/N=C/c2ccc(C(=O)O)cc2)[nH]c2ccccc12. The van der Waals surface area contributed by atoms with Crippen LogP contribution in [0.25, 0.3) is 10.9 Å². The average Bonchev–Trinajstić information content (AvgIpc) is 2.93. The van der Waals surface area contributed by atoms with E-state index in [1.165, 1.54) is 18.3 Å². The maximum atomic E-state index is 12.2. The third kappa shape index (κ3) is 2.95. The van der Waals surface area contributed by atoms with E-state index in [0.717, 1.165) is 10.9 Å². The summed E-state index contributed by atoms with van der Waals surface area (Å²) in [6.07, 6.45) is 1.42. The Morgan fingerprint density at radius 2 is 1.83 bits per heavy atom. The zero-order valence-electron chi connectivity index (χ0n) is 12.5. The van der Waals surface area contributed by atoms with Crippen LogP contribution in [0.3, 0.4) is 0 Å². The summed E-state index contributed by atoms with van der Waals surface area (Å²) in [5.41, 5.74) is 10.6. The molecule has 1 aromatic heterocycles. The highest BCUT2D eigenvalue weighted by molar-refractivity contribution is 6.07. The summed E-state index contributed by atoms with van der Waals surface area (Å²) in [5, 5.41) is 13.5. The summed E-state index contributed by atoms with van der Waals surface area (Å²) >= 11 is 0. The number of para-hydroxylation sites is 1. The molecular formula is C17H14N4O3. The molecule has 7 heteroatoms. The summed E-state index contributed by atoms with van der Waals surface area (Å²) < 4.78 is 0. The Kier molecular flexibility index (Phi) is 3.98. The average molecular weight is 322 g/mol. The molecule has 0 unspecified atom stereocenters. The number of H-pyrrole nitrogens is 1. The molecule has 0 radical (unpaired) electrons. The van der Waals surface area contributed by atoms with Gasteiger partial charge >= 0.3 is 5.97 Å². The zero-order valence-corrected chi connectivity index (χ0v) is 12.5. The maximum Gasteiger partial charge on any atom is 0.335 e. The van der Waals surface area contributed by atoms with Crippen molar-refractivity contribution in [3.63, 3.8) is 0 Å². The Labute approximate surface area is 136 Å². The summed E-state index contributed by atoms with van der Waals surface area (Å²) in [7, 11) is 0. The fourth-order valence-electron chi connectivity index (χ4n) is 2.28. The predicted octanol–water partition coefficient (Wildman–Crippen LogP) is 2.21. The largest absolute Gasteiger partial charge is 0.478 e. The van der Waals surface area contributed by atoms with E-state index >= 15 is 0 Å². The third-order valence-electron chi connectivity index (χ3n) is 3.51. The first-order valence-electron chi connectivity index (χ1n) is 7.09. The number of aromatic amines is 1. The highest BCUT2D eigenvalue weighted by Gasteiger charge is 2.14. The first-order valence-corrected chi connectivity index (χ1v) is 7.09. The number of nitrogen functional groups attached to an aromatic ring is 1. The second-order valence-corrected chi connectivity index (χ2v) is 5.09. The van der Waals surface area contributed by atoms with Crippen LogP contribution in [0, 0.1) is 0 Å². The van der Waals surface area contributed by atoms with Crippen LogP contribution >= 0.6 is 0 Å². The fourth-order valence-corrected chi connectivity index (χ4v) is 2.28. The van der Waals surface area contributed by atoms with E-state index < -0.39 is 11.9 Å². The van der Waals surface area contributed by atoms with Crippen LogP contribution in [0.1, 0.15) is 26.4 Å². The van der Waals surface area contributed by atoms with Crippen molar-refractivity contribution in [1.29, 1.82) is 0 Å². The Hall–Kier alpha value is -3.61. The molecule has 0 bridgehead atoms. The molecule has 5 N–H and O–H groups in total. The van der Waals surface area contributed by atoms with Gasteiger partial charge in [0.25, 0.3) is 5.91 Å². The standard InChI is InChI=1S/C17H14N4O3/c18-14-12-3-1-2-4-13(12)20-15(14)16(22)21-19-9-10-5-7-11(8-6-10)17(23)24/h1-9,20H,18H2,(H,21,22)(H,23,24)/b19-9+. The Bertz CT molecular complexity index is 942. The number of aromatic nitrogens is 1. The normalized spacial score (nSPS) is 11.0. The lowest BCUT2D eigenvalue weighted by Gasteiger charge is -1.99. The molecule has 0 saturated carbocycles. The van der Waals surface area contributed by atoms with Crippen molar-refractivity contribution in [3.8, 4) is 0 Å². The number of fused-ring (bicyclic) bond motifs is 1. The number of nitrogens with two attached hydrogens (primary N) is 1. The molecule has 2 aromatic carbocycles. The number of hydrogen-bond acceptors (Lipinski definition) is 4. The number of amides is 1. The number of carbonyl (C=O) groups is 2. The number of hydrazone groups is 1. The predicted molar refractivity (Wildman–Crippen MR) is 91.2 cm³/mol. The van der Waals surface area contributed by atoms with Gasteiger partial charge in [-0.15, -0.1) is 0 Å². The summed E-state index contributed by atoms with van der Waals surface area (Å²) in [4.78, 5) is 25.9. The van der Waals surface area contributed by atoms with Gasteiger partial charge in [0.2, 0.25) is 0 Å². The van der Waals surface area contributed by atoms with Crippen LogP contribution in [0.4, 0.5) is 5.69 Å². The molecule has 24 heavy (non-hydrogen) atoms. The molecule has 0 fully saturated rings. The minimum Gasteiger partial charge on any atom is -0.478 e. The number of carboxylic acids is 1. The van der Waals surface area contributed by atoms with E-state index in [9.17, 15) is 9.59 Å². The van der Waals surface area contributed by atoms with E-state index in [1.54, 1.807) is 12.1 Å². The van der Waals surface area contributed by atoms with Gasteiger partial charge in [0, 0.05) is 10.9 Å². The van der Waals surface area contributed by atoms with Crippen molar-refractivity contribution in [3.05, 3.63) is 65.4 Å². The Morgan fingerprint density at radius 1 is 1.12 bits per heavy atom. The second kappa shape index (κ2) is 6.25. The molecular weight excluding hydrogens is 308 g/mol. The van der Waals surface area contributed by atoms with Crippen LogP contribution in [-0.2, 0) is 0 Å². The Morgan fingerprint density at radius 3 is 2.50 bits per heavy atom. The smallest absolute Gasteiger partial charge is 0.335 e. The lowest BCUT2D eigenvalue weighted by Crippen LogP contribution is -2.19. The number of nitrogens with one attached hydrogen (secondary N) is 2. The zero-order chi connectivity index (χ0) is 17.1. The van der Waals surface area contributed by atoms with Crippen LogP contribution in [0.15, 0.2) is 53.6 Å². The summed E-state index contributed by atoms with van der Waals surface area (Å²) in [6, 6.07) is 13.4. The van der Waals surface area contributed by atoms with Gasteiger partial charge in [0.15, 0.2) is 0 Å². The van der Waals surface area contributed by atoms with Gasteiger partial charge in [-0.2, -0.15) is 5.10 Å². The number of carbonyl (C=O) groups excluding carboxylic acids is 1. The van der Waals surface area contributed by atoms with Crippen LogP contribution in [0.5, 0.6) is 0 Å². The van der Waals surface area contributed by atoms with Crippen molar-refractivity contribution >= 4 is 34.7 Å². The van der Waals surface area contributed by atoms with E-state index in [2.05, 4.69) is 15.5 Å². The molecule has 1 heterocycles. The van der Waals surface area contributed by atoms with Crippen molar-refractivity contribution in [1.82, 2.24) is 10.4 Å². The van der Waals surface area contributed by atoms with Crippen molar-refractivity contribution < 1.29 is 14.7 Å². The third-order valence-corrected chi connectivity index (χ3v) is 3.51. The minimum absolute atomic E-state index is 0.182. The molecule has 0 aliphatic heterocycles. The molecule has 0 saturated heterocycles. The van der Waals surface area contributed by atoms with Gasteiger partial charge in [-0.1, -0.05) is 30.3 Å². The van der Waals surface area contributed by atoms with Crippen molar-refractivity contribution in [2.45, 2.75) is 0 Å². The second-order valence-electron chi connectivity index (χ2n) is 5.09. The first kappa shape index (κ1) is 15.3. The molecule has 3 aromatic rings. The van der Waals surface area contributed by atoms with Crippen molar-refractivity contribution in [2.75, 3.05) is 5.73 Å². The number of hydrogen-bond donors (Lipinski definition) is 4.